The largest absolute Gasteiger partial charge is 0.246 e. The van der Waals surface area contributed by atoms with Crippen LogP contribution in [0.15, 0.2) is 24.8 Å². The van der Waals surface area contributed by atoms with Gasteiger partial charge in [0.15, 0.2) is 0 Å². The molecule has 0 aromatic heterocycles. The normalized spacial score (nSPS) is 12.7. The first-order valence-corrected chi connectivity index (χ1v) is 3.07. The van der Waals surface area contributed by atoms with Gasteiger partial charge in [-0.3, -0.25) is 0 Å². The van der Waals surface area contributed by atoms with Crippen LogP contribution in [-0.2, 0) is 0 Å². The third kappa shape index (κ3) is 3.07. The van der Waals surface area contributed by atoms with Crippen molar-refractivity contribution in [3.05, 3.63) is 24.8 Å². The molecular weight excluding hydrogens is 115 g/mol. The number of alkyl halides is 1. The molecule has 0 saturated carbocycles. The Bertz CT molecular complexity index is 105. The summed E-state index contributed by atoms with van der Waals surface area (Å²) >= 11 is 0. The summed E-state index contributed by atoms with van der Waals surface area (Å²) in [5, 5.41) is 0. The highest BCUT2D eigenvalue weighted by molar-refractivity contribution is 5.00. The van der Waals surface area contributed by atoms with Crippen molar-refractivity contribution >= 4 is 0 Å². The van der Waals surface area contributed by atoms with Gasteiger partial charge < -0.3 is 0 Å². The lowest BCUT2D eigenvalue weighted by Gasteiger charge is -2.07. The van der Waals surface area contributed by atoms with Gasteiger partial charge in [0.25, 0.3) is 0 Å². The van der Waals surface area contributed by atoms with Crippen LogP contribution >= 0.6 is 0 Å². The van der Waals surface area contributed by atoms with E-state index in [0.29, 0.717) is 5.57 Å². The Hall–Kier alpha value is -0.590. The van der Waals surface area contributed by atoms with Crippen molar-refractivity contribution in [3.63, 3.8) is 0 Å². The Balaban J connectivity index is 3.58. The average Bonchev–Trinajstić information content (AvgIpc) is 1.87. The van der Waals surface area contributed by atoms with E-state index in [0.717, 1.165) is 6.42 Å². The molecule has 0 aliphatic carbocycles. The summed E-state index contributed by atoms with van der Waals surface area (Å²) < 4.78 is 11.8. The summed E-state index contributed by atoms with van der Waals surface area (Å²) in [5.74, 6) is 0.243. The summed E-state index contributed by atoms with van der Waals surface area (Å²) in [6.45, 7) is 8.66. The smallest absolute Gasteiger partial charge is 0.111 e. The van der Waals surface area contributed by atoms with Gasteiger partial charge >= 0.3 is 0 Å². The van der Waals surface area contributed by atoms with Crippen molar-refractivity contribution in [2.24, 2.45) is 5.92 Å². The molecule has 0 aromatic carbocycles. The summed E-state index contributed by atoms with van der Waals surface area (Å²) in [6.07, 6.45) is 2.61. The van der Waals surface area contributed by atoms with Crippen LogP contribution in [0, 0.1) is 5.92 Å². The SMILES string of the molecule is C=CCC(C)C(=C)CF. The number of allylic oxidation sites excluding steroid dienone is 2. The van der Waals surface area contributed by atoms with Crippen molar-refractivity contribution in [3.8, 4) is 0 Å². The molecule has 1 heteroatoms. The minimum absolute atomic E-state index is 0.243. The zero-order valence-electron chi connectivity index (χ0n) is 5.86. The van der Waals surface area contributed by atoms with Gasteiger partial charge in [-0.25, -0.2) is 4.39 Å². The van der Waals surface area contributed by atoms with E-state index in [1.807, 2.05) is 6.92 Å². The van der Waals surface area contributed by atoms with E-state index < -0.39 is 6.67 Å². The highest BCUT2D eigenvalue weighted by Gasteiger charge is 2.02. The number of rotatable bonds is 4. The van der Waals surface area contributed by atoms with Crippen LogP contribution in [0.2, 0.25) is 0 Å². The van der Waals surface area contributed by atoms with Crippen LogP contribution in [0.3, 0.4) is 0 Å². The molecule has 0 aromatic rings. The second-order valence-electron chi connectivity index (χ2n) is 2.22. The maximum atomic E-state index is 11.8. The third-order valence-corrected chi connectivity index (χ3v) is 1.39. The minimum Gasteiger partial charge on any atom is -0.246 e. The minimum atomic E-state index is -0.408. The van der Waals surface area contributed by atoms with E-state index in [-0.39, 0.29) is 5.92 Å². The molecule has 0 rings (SSSR count). The van der Waals surface area contributed by atoms with Crippen LogP contribution in [0.4, 0.5) is 4.39 Å². The lowest BCUT2D eigenvalue weighted by Crippen LogP contribution is -1.97. The number of hydrogen-bond donors (Lipinski definition) is 0. The van der Waals surface area contributed by atoms with Crippen LogP contribution in [0.5, 0.6) is 0 Å². The highest BCUT2D eigenvalue weighted by atomic mass is 19.1. The molecule has 0 saturated heterocycles. The van der Waals surface area contributed by atoms with Gasteiger partial charge in [0.1, 0.15) is 6.67 Å². The predicted molar refractivity (Wildman–Crippen MR) is 39.1 cm³/mol. The van der Waals surface area contributed by atoms with E-state index in [1.54, 1.807) is 6.08 Å². The van der Waals surface area contributed by atoms with Crippen LogP contribution < -0.4 is 0 Å². The molecule has 0 aliphatic rings. The van der Waals surface area contributed by atoms with Crippen LogP contribution in [0.25, 0.3) is 0 Å². The maximum Gasteiger partial charge on any atom is 0.111 e. The van der Waals surface area contributed by atoms with Gasteiger partial charge in [0.05, 0.1) is 0 Å². The fourth-order valence-electron chi connectivity index (χ4n) is 0.548. The number of hydrogen-bond acceptors (Lipinski definition) is 0. The Labute approximate surface area is 56.1 Å². The first-order chi connectivity index (χ1) is 4.22. The van der Waals surface area contributed by atoms with Crippen LogP contribution in [-0.4, -0.2) is 6.67 Å². The highest BCUT2D eigenvalue weighted by Crippen LogP contribution is 2.12. The van der Waals surface area contributed by atoms with E-state index in [9.17, 15) is 4.39 Å². The lowest BCUT2D eigenvalue weighted by molar-refractivity contribution is 0.500. The van der Waals surface area contributed by atoms with Crippen LogP contribution in [0.1, 0.15) is 13.3 Å². The molecule has 1 atom stereocenters. The van der Waals surface area contributed by atoms with Crippen molar-refractivity contribution in [2.45, 2.75) is 13.3 Å². The third-order valence-electron chi connectivity index (χ3n) is 1.39. The quantitative estimate of drug-likeness (QED) is 0.511. The molecule has 0 spiro atoms. The second kappa shape index (κ2) is 4.30. The fourth-order valence-corrected chi connectivity index (χ4v) is 0.548. The van der Waals surface area contributed by atoms with Crippen molar-refractivity contribution in [1.29, 1.82) is 0 Å². The van der Waals surface area contributed by atoms with Crippen molar-refractivity contribution < 1.29 is 4.39 Å². The first kappa shape index (κ1) is 8.41. The molecule has 0 nitrogen and oxygen atoms in total. The molecule has 0 heterocycles. The second-order valence-corrected chi connectivity index (χ2v) is 2.22. The molecule has 9 heavy (non-hydrogen) atoms. The molecule has 52 valence electrons. The zero-order valence-corrected chi connectivity index (χ0v) is 5.86. The van der Waals surface area contributed by atoms with Gasteiger partial charge in [0.2, 0.25) is 0 Å². The molecular formula is C8H13F. The first-order valence-electron chi connectivity index (χ1n) is 3.07. The van der Waals surface area contributed by atoms with Gasteiger partial charge in [-0.1, -0.05) is 19.6 Å². The van der Waals surface area contributed by atoms with Gasteiger partial charge in [-0.15, -0.1) is 6.58 Å². The topological polar surface area (TPSA) is 0 Å². The summed E-state index contributed by atoms with van der Waals surface area (Å²) in [6, 6.07) is 0. The average molecular weight is 128 g/mol. The Kier molecular flexibility index (Phi) is 4.02. The summed E-state index contributed by atoms with van der Waals surface area (Å²) in [7, 11) is 0. The predicted octanol–water partition coefficient (Wildman–Crippen LogP) is 2.72. The zero-order chi connectivity index (χ0) is 7.28. The van der Waals surface area contributed by atoms with E-state index in [1.165, 1.54) is 0 Å². The monoisotopic (exact) mass is 128 g/mol. The Morgan fingerprint density at radius 3 is 2.67 bits per heavy atom. The molecule has 0 bridgehead atoms. The van der Waals surface area contributed by atoms with E-state index in [4.69, 9.17) is 0 Å². The van der Waals surface area contributed by atoms with E-state index >= 15 is 0 Å². The Morgan fingerprint density at radius 2 is 2.33 bits per heavy atom. The Morgan fingerprint density at radius 1 is 1.78 bits per heavy atom. The molecule has 0 radical (unpaired) electrons. The standard InChI is InChI=1S/C8H13F/c1-4-5-7(2)8(3)6-9/h4,7H,1,3,5-6H2,2H3. The molecule has 0 amide bonds. The summed E-state index contributed by atoms with van der Waals surface area (Å²) in [5.41, 5.74) is 0.662. The maximum absolute atomic E-state index is 11.8. The fraction of sp³-hybridized carbons (Fsp3) is 0.500. The lowest BCUT2D eigenvalue weighted by atomic mass is 10.0. The van der Waals surface area contributed by atoms with Crippen molar-refractivity contribution in [2.75, 3.05) is 6.67 Å². The van der Waals surface area contributed by atoms with E-state index in [2.05, 4.69) is 13.2 Å². The van der Waals surface area contributed by atoms with Crippen molar-refractivity contribution in [1.82, 2.24) is 0 Å². The molecule has 0 aliphatic heterocycles. The van der Waals surface area contributed by atoms with Gasteiger partial charge in [-0.05, 0) is 17.9 Å². The van der Waals surface area contributed by atoms with Gasteiger partial charge in [0, 0.05) is 0 Å². The molecule has 1 unspecified atom stereocenters. The van der Waals surface area contributed by atoms with Gasteiger partial charge in [-0.2, -0.15) is 0 Å². The summed E-state index contributed by atoms with van der Waals surface area (Å²) in [4.78, 5) is 0. The number of halogens is 1. The molecule has 0 fully saturated rings. The molecule has 0 N–H and O–H groups in total.